The Kier molecular flexibility index (Phi) is 8.97. The van der Waals surface area contributed by atoms with Crippen LogP contribution in [0.2, 0.25) is 0 Å². The SMILES string of the molecule is C=CCOc1cccc(NC(=S)NC(=O)c2ccc(OCCOCC)cc2)c1. The van der Waals surface area contributed by atoms with Gasteiger partial charge in [-0.15, -0.1) is 0 Å². The zero-order chi connectivity index (χ0) is 20.2. The summed E-state index contributed by atoms with van der Waals surface area (Å²) < 4.78 is 16.2. The lowest BCUT2D eigenvalue weighted by Crippen LogP contribution is -2.34. The highest BCUT2D eigenvalue weighted by Crippen LogP contribution is 2.17. The van der Waals surface area contributed by atoms with Crippen LogP contribution in [0.25, 0.3) is 0 Å². The third-order valence-electron chi connectivity index (χ3n) is 3.50. The van der Waals surface area contributed by atoms with Gasteiger partial charge in [0.15, 0.2) is 5.11 Å². The molecular weight excluding hydrogens is 376 g/mol. The molecule has 0 aliphatic carbocycles. The Balaban J connectivity index is 1.84. The second-order valence-corrected chi connectivity index (χ2v) is 6.01. The van der Waals surface area contributed by atoms with Crippen molar-refractivity contribution in [3.8, 4) is 11.5 Å². The molecule has 7 heteroatoms. The van der Waals surface area contributed by atoms with Crippen LogP contribution in [0.1, 0.15) is 17.3 Å². The molecule has 2 rings (SSSR count). The molecule has 0 aromatic heterocycles. The molecule has 148 valence electrons. The summed E-state index contributed by atoms with van der Waals surface area (Å²) >= 11 is 5.21. The number of nitrogens with one attached hydrogen (secondary N) is 2. The standard InChI is InChI=1S/C21H24N2O4S/c1-3-12-26-19-7-5-6-17(15-19)22-21(28)23-20(24)16-8-10-18(11-9-16)27-14-13-25-4-2/h3,5-11,15H,1,4,12-14H2,2H3,(H2,22,23,24,28). The minimum Gasteiger partial charge on any atom is -0.491 e. The molecule has 0 fully saturated rings. The van der Waals surface area contributed by atoms with Gasteiger partial charge in [-0.1, -0.05) is 18.7 Å². The van der Waals surface area contributed by atoms with Crippen molar-refractivity contribution in [1.29, 1.82) is 0 Å². The number of thiocarbonyl (C=S) groups is 1. The molecule has 0 unspecified atom stereocenters. The Morgan fingerprint density at radius 1 is 1.11 bits per heavy atom. The molecule has 2 aromatic rings. The van der Waals surface area contributed by atoms with Gasteiger partial charge >= 0.3 is 0 Å². The number of amides is 1. The Morgan fingerprint density at radius 3 is 2.61 bits per heavy atom. The fourth-order valence-corrected chi connectivity index (χ4v) is 2.43. The zero-order valence-electron chi connectivity index (χ0n) is 15.8. The second-order valence-electron chi connectivity index (χ2n) is 5.61. The summed E-state index contributed by atoms with van der Waals surface area (Å²) in [5.41, 5.74) is 1.19. The number of rotatable bonds is 10. The van der Waals surface area contributed by atoms with Crippen molar-refractivity contribution in [1.82, 2.24) is 5.32 Å². The average Bonchev–Trinajstić information content (AvgIpc) is 2.70. The molecule has 6 nitrogen and oxygen atoms in total. The quantitative estimate of drug-likeness (QED) is 0.359. The number of anilines is 1. The smallest absolute Gasteiger partial charge is 0.257 e. The molecule has 0 saturated heterocycles. The molecular formula is C21H24N2O4S. The molecule has 0 spiro atoms. The summed E-state index contributed by atoms with van der Waals surface area (Å²) in [6.45, 7) is 7.60. The van der Waals surface area contributed by atoms with Crippen molar-refractivity contribution >= 4 is 28.9 Å². The van der Waals surface area contributed by atoms with E-state index >= 15 is 0 Å². The van der Waals surface area contributed by atoms with Crippen molar-refractivity contribution in [3.63, 3.8) is 0 Å². The molecule has 0 aliphatic rings. The van der Waals surface area contributed by atoms with E-state index in [2.05, 4.69) is 17.2 Å². The lowest BCUT2D eigenvalue weighted by molar-refractivity contribution is 0.0977. The summed E-state index contributed by atoms with van der Waals surface area (Å²) in [4.78, 5) is 12.3. The van der Waals surface area contributed by atoms with E-state index < -0.39 is 0 Å². The highest BCUT2D eigenvalue weighted by Gasteiger charge is 2.09. The first-order chi connectivity index (χ1) is 13.6. The van der Waals surface area contributed by atoms with Gasteiger partial charge < -0.3 is 19.5 Å². The van der Waals surface area contributed by atoms with Gasteiger partial charge in [0, 0.05) is 23.9 Å². The maximum atomic E-state index is 12.3. The van der Waals surface area contributed by atoms with Gasteiger partial charge in [-0.25, -0.2) is 0 Å². The fourth-order valence-electron chi connectivity index (χ4n) is 2.22. The van der Waals surface area contributed by atoms with Crippen LogP contribution in [-0.2, 0) is 4.74 Å². The summed E-state index contributed by atoms with van der Waals surface area (Å²) in [6, 6.07) is 14.1. The molecule has 0 radical (unpaired) electrons. The van der Waals surface area contributed by atoms with Crippen LogP contribution in [0.3, 0.4) is 0 Å². The van der Waals surface area contributed by atoms with Crippen molar-refractivity contribution in [2.45, 2.75) is 6.92 Å². The van der Waals surface area contributed by atoms with Crippen LogP contribution in [0.15, 0.2) is 61.2 Å². The summed E-state index contributed by atoms with van der Waals surface area (Å²) in [5, 5.41) is 5.81. The van der Waals surface area contributed by atoms with Crippen LogP contribution in [0.4, 0.5) is 5.69 Å². The molecule has 0 aliphatic heterocycles. The van der Waals surface area contributed by atoms with Crippen molar-refractivity contribution in [3.05, 3.63) is 66.7 Å². The first kappa shape index (κ1) is 21.4. The first-order valence-corrected chi connectivity index (χ1v) is 9.30. The minimum atomic E-state index is -0.308. The monoisotopic (exact) mass is 400 g/mol. The fraction of sp³-hybridized carbons (Fsp3) is 0.238. The highest BCUT2D eigenvalue weighted by atomic mass is 32.1. The molecule has 1 amide bonds. The van der Waals surface area contributed by atoms with E-state index in [1.165, 1.54) is 0 Å². The Labute approximate surface area is 170 Å². The van der Waals surface area contributed by atoms with Gasteiger partial charge in [0.05, 0.1) is 6.61 Å². The van der Waals surface area contributed by atoms with E-state index in [1.54, 1.807) is 36.4 Å². The van der Waals surface area contributed by atoms with E-state index in [0.29, 0.717) is 49.2 Å². The maximum absolute atomic E-state index is 12.3. The lowest BCUT2D eigenvalue weighted by Gasteiger charge is -2.11. The molecule has 2 N–H and O–H groups in total. The number of carbonyl (C=O) groups excluding carboxylic acids is 1. The van der Waals surface area contributed by atoms with Gasteiger partial charge in [-0.2, -0.15) is 0 Å². The van der Waals surface area contributed by atoms with Crippen LogP contribution in [0.5, 0.6) is 11.5 Å². The third kappa shape index (κ3) is 7.38. The van der Waals surface area contributed by atoms with Crippen LogP contribution >= 0.6 is 12.2 Å². The van der Waals surface area contributed by atoms with Gasteiger partial charge in [-0.3, -0.25) is 10.1 Å². The zero-order valence-corrected chi connectivity index (χ0v) is 16.6. The predicted molar refractivity (Wildman–Crippen MR) is 114 cm³/mol. The second kappa shape index (κ2) is 11.7. The maximum Gasteiger partial charge on any atom is 0.257 e. The summed E-state index contributed by atoms with van der Waals surface area (Å²) in [5.74, 6) is 1.05. The third-order valence-corrected chi connectivity index (χ3v) is 3.71. The lowest BCUT2D eigenvalue weighted by atomic mass is 10.2. The number of benzene rings is 2. The van der Waals surface area contributed by atoms with Crippen LogP contribution in [-0.4, -0.2) is 37.4 Å². The molecule has 0 atom stereocenters. The molecule has 0 heterocycles. The number of carbonyl (C=O) groups is 1. The Morgan fingerprint density at radius 2 is 1.89 bits per heavy atom. The predicted octanol–water partition coefficient (Wildman–Crippen LogP) is 3.79. The van der Waals surface area contributed by atoms with Gasteiger partial charge in [0.2, 0.25) is 0 Å². The average molecular weight is 401 g/mol. The van der Waals surface area contributed by atoms with E-state index in [0.717, 1.165) is 0 Å². The van der Waals surface area contributed by atoms with Gasteiger partial charge in [-0.05, 0) is 55.5 Å². The van der Waals surface area contributed by atoms with Gasteiger partial charge in [0.25, 0.3) is 5.91 Å². The molecule has 0 bridgehead atoms. The largest absolute Gasteiger partial charge is 0.491 e. The highest BCUT2D eigenvalue weighted by molar-refractivity contribution is 7.80. The Hall–Kier alpha value is -2.90. The van der Waals surface area contributed by atoms with Gasteiger partial charge in [0.1, 0.15) is 24.7 Å². The number of ether oxygens (including phenoxy) is 3. The van der Waals surface area contributed by atoms with Crippen LogP contribution < -0.4 is 20.1 Å². The van der Waals surface area contributed by atoms with E-state index in [1.807, 2.05) is 25.1 Å². The molecule has 2 aromatic carbocycles. The topological polar surface area (TPSA) is 68.8 Å². The van der Waals surface area contributed by atoms with Crippen molar-refractivity contribution in [2.75, 3.05) is 31.7 Å². The van der Waals surface area contributed by atoms with E-state index in [-0.39, 0.29) is 11.0 Å². The van der Waals surface area contributed by atoms with Crippen LogP contribution in [0, 0.1) is 0 Å². The van der Waals surface area contributed by atoms with Crippen molar-refractivity contribution in [2.24, 2.45) is 0 Å². The minimum absolute atomic E-state index is 0.197. The van der Waals surface area contributed by atoms with E-state index in [4.69, 9.17) is 26.4 Å². The van der Waals surface area contributed by atoms with E-state index in [9.17, 15) is 4.79 Å². The first-order valence-electron chi connectivity index (χ1n) is 8.89. The normalized spacial score (nSPS) is 10.0. The summed E-state index contributed by atoms with van der Waals surface area (Å²) in [7, 11) is 0. The number of hydrogen-bond acceptors (Lipinski definition) is 5. The molecule has 0 saturated carbocycles. The molecule has 28 heavy (non-hydrogen) atoms. The summed E-state index contributed by atoms with van der Waals surface area (Å²) in [6.07, 6.45) is 1.67. The van der Waals surface area contributed by atoms with Crippen molar-refractivity contribution < 1.29 is 19.0 Å². The Bertz CT molecular complexity index is 793. The number of hydrogen-bond donors (Lipinski definition) is 2.